The molecule has 1 unspecified atom stereocenters. The molecule has 1 amide bonds. The first-order chi connectivity index (χ1) is 4.83. The molecule has 0 saturated carbocycles. The van der Waals surface area contributed by atoms with Crippen molar-refractivity contribution in [2.75, 3.05) is 13.2 Å². The highest BCUT2D eigenvalue weighted by Crippen LogP contribution is 2.02. The summed E-state index contributed by atoms with van der Waals surface area (Å²) in [5.41, 5.74) is 0. The van der Waals surface area contributed by atoms with Gasteiger partial charge in [-0.05, 0) is 6.42 Å². The maximum Gasteiger partial charge on any atom is 0.426 e. The molecule has 5 nitrogen and oxygen atoms in total. The van der Waals surface area contributed by atoms with E-state index >= 15 is 0 Å². The lowest BCUT2D eigenvalue weighted by atomic mass is 10.3. The molecule has 5 heteroatoms. The summed E-state index contributed by atoms with van der Waals surface area (Å²) in [5.74, 6) is 4.60. The third kappa shape index (κ3) is 1.85. The Labute approximate surface area is 58.4 Å². The number of amides is 1. The number of rotatable bonds is 1. The zero-order valence-corrected chi connectivity index (χ0v) is 5.50. The van der Waals surface area contributed by atoms with Crippen LogP contribution in [0.4, 0.5) is 4.79 Å². The van der Waals surface area contributed by atoms with Crippen molar-refractivity contribution in [2.24, 2.45) is 5.90 Å². The number of nitrogens with one attached hydrogen (secondary N) is 1. The second-order valence-corrected chi connectivity index (χ2v) is 2.11. The van der Waals surface area contributed by atoms with Crippen molar-refractivity contribution in [1.82, 2.24) is 5.32 Å². The quantitative estimate of drug-likeness (QED) is 0.483. The standard InChI is InChI=1S/C5H10N2O3/c6-10-5(8)7-4-1-2-9-3-4/h4H,1-3,6H2,(H,7,8). The van der Waals surface area contributed by atoms with Crippen molar-refractivity contribution >= 4 is 6.09 Å². The van der Waals surface area contributed by atoms with Crippen molar-refractivity contribution in [1.29, 1.82) is 0 Å². The van der Waals surface area contributed by atoms with Gasteiger partial charge in [0.05, 0.1) is 12.6 Å². The second kappa shape index (κ2) is 3.38. The average molecular weight is 146 g/mol. The highest BCUT2D eigenvalue weighted by atomic mass is 16.7. The van der Waals surface area contributed by atoms with Crippen LogP contribution in [0.25, 0.3) is 0 Å². The van der Waals surface area contributed by atoms with Crippen molar-refractivity contribution in [2.45, 2.75) is 12.5 Å². The zero-order valence-electron chi connectivity index (χ0n) is 5.50. The lowest BCUT2D eigenvalue weighted by Crippen LogP contribution is -2.36. The molecule has 0 spiro atoms. The Morgan fingerprint density at radius 2 is 2.60 bits per heavy atom. The highest BCUT2D eigenvalue weighted by molar-refractivity contribution is 5.67. The van der Waals surface area contributed by atoms with Gasteiger partial charge in [0.15, 0.2) is 0 Å². The Kier molecular flexibility index (Phi) is 2.47. The Hall–Kier alpha value is -0.810. The zero-order chi connectivity index (χ0) is 7.40. The molecule has 0 radical (unpaired) electrons. The predicted octanol–water partition coefficient (Wildman–Crippen LogP) is -0.625. The van der Waals surface area contributed by atoms with Crippen LogP contribution in [0, 0.1) is 0 Å². The summed E-state index contributed by atoms with van der Waals surface area (Å²) >= 11 is 0. The number of hydrogen-bond acceptors (Lipinski definition) is 4. The minimum Gasteiger partial charge on any atom is -0.379 e. The van der Waals surface area contributed by atoms with E-state index in [2.05, 4.69) is 16.1 Å². The molecule has 0 aromatic rings. The van der Waals surface area contributed by atoms with Crippen LogP contribution in [-0.2, 0) is 9.57 Å². The van der Waals surface area contributed by atoms with Crippen LogP contribution in [-0.4, -0.2) is 25.3 Å². The molecule has 1 fully saturated rings. The summed E-state index contributed by atoms with van der Waals surface area (Å²) in [4.78, 5) is 14.4. The summed E-state index contributed by atoms with van der Waals surface area (Å²) in [5, 5.41) is 2.52. The Morgan fingerprint density at radius 3 is 3.10 bits per heavy atom. The van der Waals surface area contributed by atoms with Crippen molar-refractivity contribution in [3.8, 4) is 0 Å². The largest absolute Gasteiger partial charge is 0.426 e. The summed E-state index contributed by atoms with van der Waals surface area (Å²) in [6.45, 7) is 1.24. The van der Waals surface area contributed by atoms with Crippen LogP contribution >= 0.6 is 0 Å². The van der Waals surface area contributed by atoms with Gasteiger partial charge in [0.25, 0.3) is 0 Å². The number of ether oxygens (including phenoxy) is 1. The van der Waals surface area contributed by atoms with E-state index in [0.29, 0.717) is 13.2 Å². The van der Waals surface area contributed by atoms with Crippen LogP contribution in [0.15, 0.2) is 0 Å². The molecule has 1 heterocycles. The molecule has 0 aromatic carbocycles. The third-order valence-electron chi connectivity index (χ3n) is 1.36. The molecular weight excluding hydrogens is 136 g/mol. The van der Waals surface area contributed by atoms with Gasteiger partial charge in [-0.25, -0.2) is 4.79 Å². The van der Waals surface area contributed by atoms with Gasteiger partial charge >= 0.3 is 6.09 Å². The van der Waals surface area contributed by atoms with Crippen LogP contribution in [0.3, 0.4) is 0 Å². The third-order valence-corrected chi connectivity index (χ3v) is 1.36. The van der Waals surface area contributed by atoms with Crippen molar-refractivity contribution < 1.29 is 14.4 Å². The maximum atomic E-state index is 10.5. The Bertz CT molecular complexity index is 122. The van der Waals surface area contributed by atoms with Gasteiger partial charge in [0.1, 0.15) is 0 Å². The van der Waals surface area contributed by atoms with Gasteiger partial charge < -0.3 is 14.9 Å². The molecule has 3 N–H and O–H groups in total. The smallest absolute Gasteiger partial charge is 0.379 e. The summed E-state index contributed by atoms with van der Waals surface area (Å²) < 4.78 is 4.99. The minimum atomic E-state index is -0.601. The molecule has 58 valence electrons. The monoisotopic (exact) mass is 146 g/mol. The molecule has 1 aliphatic heterocycles. The maximum absolute atomic E-state index is 10.5. The van der Waals surface area contributed by atoms with E-state index in [-0.39, 0.29) is 6.04 Å². The molecule has 1 aliphatic rings. The summed E-state index contributed by atoms with van der Waals surface area (Å²) in [6.07, 6.45) is 0.227. The first-order valence-corrected chi connectivity index (χ1v) is 3.08. The molecule has 0 bridgehead atoms. The van der Waals surface area contributed by atoms with Gasteiger partial charge in [-0.2, -0.15) is 5.90 Å². The normalized spacial score (nSPS) is 24.3. The fourth-order valence-electron chi connectivity index (χ4n) is 0.849. The van der Waals surface area contributed by atoms with E-state index in [9.17, 15) is 4.79 Å². The van der Waals surface area contributed by atoms with Crippen LogP contribution < -0.4 is 11.2 Å². The molecule has 10 heavy (non-hydrogen) atoms. The van der Waals surface area contributed by atoms with Gasteiger partial charge in [0, 0.05) is 6.61 Å². The van der Waals surface area contributed by atoms with E-state index in [1.165, 1.54) is 0 Å². The molecular formula is C5H10N2O3. The summed E-state index contributed by atoms with van der Waals surface area (Å²) in [7, 11) is 0. The number of carbonyl (C=O) groups is 1. The number of hydrogen-bond donors (Lipinski definition) is 2. The highest BCUT2D eigenvalue weighted by Gasteiger charge is 2.17. The fourth-order valence-corrected chi connectivity index (χ4v) is 0.849. The van der Waals surface area contributed by atoms with Crippen LogP contribution in [0.5, 0.6) is 0 Å². The predicted molar refractivity (Wildman–Crippen MR) is 33.0 cm³/mol. The minimum absolute atomic E-state index is 0.0658. The van der Waals surface area contributed by atoms with E-state index in [4.69, 9.17) is 4.74 Å². The number of carbonyl (C=O) groups excluding carboxylic acids is 1. The lowest BCUT2D eigenvalue weighted by Gasteiger charge is -2.06. The molecule has 0 aromatic heterocycles. The van der Waals surface area contributed by atoms with Gasteiger partial charge in [-0.3, -0.25) is 0 Å². The van der Waals surface area contributed by atoms with Crippen molar-refractivity contribution in [3.63, 3.8) is 0 Å². The topological polar surface area (TPSA) is 73.6 Å². The molecule has 1 saturated heterocycles. The van der Waals surface area contributed by atoms with E-state index in [0.717, 1.165) is 6.42 Å². The van der Waals surface area contributed by atoms with Crippen LogP contribution in [0.2, 0.25) is 0 Å². The average Bonchev–Trinajstić information content (AvgIpc) is 2.40. The first kappa shape index (κ1) is 7.30. The van der Waals surface area contributed by atoms with E-state index in [1.54, 1.807) is 0 Å². The molecule has 1 atom stereocenters. The lowest BCUT2D eigenvalue weighted by molar-refractivity contribution is 0.139. The Balaban J connectivity index is 2.17. The van der Waals surface area contributed by atoms with Gasteiger partial charge in [0.2, 0.25) is 0 Å². The molecule has 1 rings (SSSR count). The van der Waals surface area contributed by atoms with E-state index < -0.39 is 6.09 Å². The SMILES string of the molecule is NOC(=O)NC1CCOC1. The van der Waals surface area contributed by atoms with Gasteiger partial charge in [-0.15, -0.1) is 0 Å². The Morgan fingerprint density at radius 1 is 1.80 bits per heavy atom. The second-order valence-electron chi connectivity index (χ2n) is 2.11. The van der Waals surface area contributed by atoms with Gasteiger partial charge in [-0.1, -0.05) is 0 Å². The van der Waals surface area contributed by atoms with E-state index in [1.807, 2.05) is 0 Å². The van der Waals surface area contributed by atoms with Crippen molar-refractivity contribution in [3.05, 3.63) is 0 Å². The first-order valence-electron chi connectivity index (χ1n) is 3.08. The summed E-state index contributed by atoms with van der Waals surface area (Å²) in [6, 6.07) is 0.0658. The molecule has 0 aliphatic carbocycles. The number of nitrogens with two attached hydrogens (primary N) is 1. The van der Waals surface area contributed by atoms with Crippen LogP contribution in [0.1, 0.15) is 6.42 Å². The fraction of sp³-hybridized carbons (Fsp3) is 0.800.